The molecule has 0 aromatic carbocycles. The number of nitrogens with two attached hydrogens (primary N) is 1. The Balaban J connectivity index is 2.46. The van der Waals surface area contributed by atoms with Crippen LogP contribution in [0, 0.1) is 6.92 Å². The predicted molar refractivity (Wildman–Crippen MR) is 70.4 cm³/mol. The number of hydrogen-bond acceptors (Lipinski definition) is 4. The molecular formula is C11H22N4S. The summed E-state index contributed by atoms with van der Waals surface area (Å²) in [7, 11) is 1.98. The summed E-state index contributed by atoms with van der Waals surface area (Å²) >= 11 is 1.95. The molecule has 4 nitrogen and oxygen atoms in total. The maximum atomic E-state index is 5.57. The van der Waals surface area contributed by atoms with E-state index in [4.69, 9.17) is 5.84 Å². The Morgan fingerprint density at radius 3 is 2.88 bits per heavy atom. The second kappa shape index (κ2) is 6.93. The first kappa shape index (κ1) is 13.5. The number of hydrogen-bond donors (Lipinski definition) is 2. The monoisotopic (exact) mass is 242 g/mol. The molecule has 0 aliphatic rings. The van der Waals surface area contributed by atoms with Gasteiger partial charge >= 0.3 is 0 Å². The van der Waals surface area contributed by atoms with E-state index in [9.17, 15) is 0 Å². The lowest BCUT2D eigenvalue weighted by atomic mass is 10.2. The molecule has 1 heterocycles. The molecule has 0 amide bonds. The van der Waals surface area contributed by atoms with Crippen molar-refractivity contribution in [1.82, 2.24) is 15.2 Å². The zero-order valence-corrected chi connectivity index (χ0v) is 11.2. The van der Waals surface area contributed by atoms with E-state index < -0.39 is 0 Å². The molecule has 0 bridgehead atoms. The van der Waals surface area contributed by atoms with Crippen molar-refractivity contribution >= 4 is 11.8 Å². The maximum Gasteiger partial charge on any atom is 0.0596 e. The lowest BCUT2D eigenvalue weighted by Gasteiger charge is -2.15. The van der Waals surface area contributed by atoms with Crippen molar-refractivity contribution in [2.75, 3.05) is 11.5 Å². The molecule has 92 valence electrons. The number of nitrogens with zero attached hydrogens (tertiary/aromatic N) is 2. The molecule has 0 aliphatic heterocycles. The fourth-order valence-electron chi connectivity index (χ4n) is 1.64. The molecule has 0 saturated heterocycles. The highest BCUT2D eigenvalue weighted by atomic mass is 32.2. The van der Waals surface area contributed by atoms with Crippen molar-refractivity contribution < 1.29 is 0 Å². The van der Waals surface area contributed by atoms with Crippen LogP contribution in [0.5, 0.6) is 0 Å². The molecule has 0 spiro atoms. The summed E-state index contributed by atoms with van der Waals surface area (Å²) in [5.41, 5.74) is 5.18. The summed E-state index contributed by atoms with van der Waals surface area (Å²) in [5, 5.41) is 4.34. The Morgan fingerprint density at radius 2 is 2.38 bits per heavy atom. The van der Waals surface area contributed by atoms with Crippen LogP contribution in [-0.4, -0.2) is 27.3 Å². The van der Waals surface area contributed by atoms with Gasteiger partial charge in [0.05, 0.1) is 5.69 Å². The number of thioether (sulfide) groups is 1. The average molecular weight is 242 g/mol. The lowest BCUT2D eigenvalue weighted by molar-refractivity contribution is 0.551. The highest BCUT2D eigenvalue weighted by molar-refractivity contribution is 7.99. The van der Waals surface area contributed by atoms with E-state index in [1.54, 1.807) is 0 Å². The lowest BCUT2D eigenvalue weighted by Crippen LogP contribution is -2.39. The highest BCUT2D eigenvalue weighted by Gasteiger charge is 2.11. The summed E-state index contributed by atoms with van der Waals surface area (Å²) in [5.74, 6) is 7.81. The SMILES string of the molecule is CCCSCC(Cc1cc(C)nn1C)NN. The summed E-state index contributed by atoms with van der Waals surface area (Å²) in [4.78, 5) is 0. The first-order valence-corrected chi connectivity index (χ1v) is 6.86. The number of aryl methyl sites for hydroxylation is 2. The van der Waals surface area contributed by atoms with Crippen LogP contribution in [0.15, 0.2) is 6.07 Å². The van der Waals surface area contributed by atoms with Crippen LogP contribution < -0.4 is 11.3 Å². The van der Waals surface area contributed by atoms with Gasteiger partial charge < -0.3 is 0 Å². The van der Waals surface area contributed by atoms with E-state index in [1.807, 2.05) is 30.4 Å². The summed E-state index contributed by atoms with van der Waals surface area (Å²) in [6.07, 6.45) is 2.15. The largest absolute Gasteiger partial charge is 0.272 e. The van der Waals surface area contributed by atoms with Crippen LogP contribution in [0.3, 0.4) is 0 Å². The van der Waals surface area contributed by atoms with Gasteiger partial charge in [-0.2, -0.15) is 16.9 Å². The quantitative estimate of drug-likeness (QED) is 0.429. The Kier molecular flexibility index (Phi) is 5.87. The summed E-state index contributed by atoms with van der Waals surface area (Å²) < 4.78 is 1.93. The first-order chi connectivity index (χ1) is 7.67. The van der Waals surface area contributed by atoms with Crippen LogP contribution in [0.2, 0.25) is 0 Å². The van der Waals surface area contributed by atoms with Gasteiger partial charge in [0.15, 0.2) is 0 Å². The second-order valence-corrected chi connectivity index (χ2v) is 5.19. The minimum atomic E-state index is 0.325. The Morgan fingerprint density at radius 1 is 1.62 bits per heavy atom. The average Bonchev–Trinajstić information content (AvgIpc) is 2.56. The fourth-order valence-corrected chi connectivity index (χ4v) is 2.60. The van der Waals surface area contributed by atoms with Crippen molar-refractivity contribution in [2.24, 2.45) is 12.9 Å². The van der Waals surface area contributed by atoms with Gasteiger partial charge in [0.2, 0.25) is 0 Å². The fraction of sp³-hybridized carbons (Fsp3) is 0.727. The van der Waals surface area contributed by atoms with Gasteiger partial charge in [-0.25, -0.2) is 0 Å². The standard InChI is InChI=1S/C11H22N4S/c1-4-5-16-8-10(13-12)7-11-6-9(2)14-15(11)3/h6,10,13H,4-5,7-8,12H2,1-3H3. The van der Waals surface area contributed by atoms with E-state index in [0.29, 0.717) is 6.04 Å². The van der Waals surface area contributed by atoms with Gasteiger partial charge in [-0.1, -0.05) is 6.92 Å². The van der Waals surface area contributed by atoms with Gasteiger partial charge in [-0.05, 0) is 25.2 Å². The van der Waals surface area contributed by atoms with Crippen molar-refractivity contribution in [1.29, 1.82) is 0 Å². The Bertz CT molecular complexity index is 311. The zero-order valence-electron chi connectivity index (χ0n) is 10.4. The Hall–Kier alpha value is -0.520. The van der Waals surface area contributed by atoms with Crippen molar-refractivity contribution in [2.45, 2.75) is 32.7 Å². The van der Waals surface area contributed by atoms with Crippen LogP contribution >= 0.6 is 11.8 Å². The summed E-state index contributed by atoms with van der Waals surface area (Å²) in [6.45, 7) is 4.21. The topological polar surface area (TPSA) is 55.9 Å². The third kappa shape index (κ3) is 4.15. The second-order valence-electron chi connectivity index (χ2n) is 4.04. The number of hydrazine groups is 1. The number of nitrogens with one attached hydrogen (secondary N) is 1. The molecule has 0 saturated carbocycles. The summed E-state index contributed by atoms with van der Waals surface area (Å²) in [6, 6.07) is 2.45. The minimum Gasteiger partial charge on any atom is -0.272 e. The van der Waals surface area contributed by atoms with E-state index in [1.165, 1.54) is 17.9 Å². The normalized spacial score (nSPS) is 13.0. The molecule has 5 heteroatoms. The molecule has 1 unspecified atom stereocenters. The number of rotatable bonds is 7. The van der Waals surface area contributed by atoms with Crippen molar-refractivity contribution in [3.05, 3.63) is 17.5 Å². The van der Waals surface area contributed by atoms with Gasteiger partial charge in [0, 0.05) is 31.0 Å². The van der Waals surface area contributed by atoms with E-state index in [-0.39, 0.29) is 0 Å². The molecule has 0 aliphatic carbocycles. The first-order valence-electron chi connectivity index (χ1n) is 5.70. The van der Waals surface area contributed by atoms with Crippen molar-refractivity contribution in [3.63, 3.8) is 0 Å². The molecule has 0 fully saturated rings. The highest BCUT2D eigenvalue weighted by Crippen LogP contribution is 2.10. The molecule has 16 heavy (non-hydrogen) atoms. The molecule has 1 aromatic rings. The van der Waals surface area contributed by atoms with E-state index >= 15 is 0 Å². The third-order valence-electron chi connectivity index (χ3n) is 2.46. The smallest absolute Gasteiger partial charge is 0.0596 e. The van der Waals surface area contributed by atoms with Crippen LogP contribution in [0.1, 0.15) is 24.7 Å². The van der Waals surface area contributed by atoms with Gasteiger partial charge in [0.1, 0.15) is 0 Å². The molecule has 3 N–H and O–H groups in total. The third-order valence-corrected chi connectivity index (χ3v) is 3.79. The maximum absolute atomic E-state index is 5.57. The van der Waals surface area contributed by atoms with E-state index in [0.717, 1.165) is 17.9 Å². The molecule has 1 aromatic heterocycles. The van der Waals surface area contributed by atoms with Crippen LogP contribution in [0.4, 0.5) is 0 Å². The van der Waals surface area contributed by atoms with Crippen molar-refractivity contribution in [3.8, 4) is 0 Å². The van der Waals surface area contributed by atoms with Gasteiger partial charge in [0.25, 0.3) is 0 Å². The minimum absolute atomic E-state index is 0.325. The zero-order chi connectivity index (χ0) is 12.0. The number of aromatic nitrogens is 2. The van der Waals surface area contributed by atoms with Crippen LogP contribution in [-0.2, 0) is 13.5 Å². The molecule has 1 atom stereocenters. The molecule has 1 rings (SSSR count). The molecular weight excluding hydrogens is 220 g/mol. The van der Waals surface area contributed by atoms with Gasteiger partial charge in [-0.3, -0.25) is 16.0 Å². The molecule has 0 radical (unpaired) electrons. The predicted octanol–water partition coefficient (Wildman–Crippen LogP) is 1.25. The Labute approximate surface area is 102 Å². The van der Waals surface area contributed by atoms with Crippen LogP contribution in [0.25, 0.3) is 0 Å². The van der Waals surface area contributed by atoms with Gasteiger partial charge in [-0.15, -0.1) is 0 Å². The van der Waals surface area contributed by atoms with E-state index in [2.05, 4.69) is 23.5 Å².